The summed E-state index contributed by atoms with van der Waals surface area (Å²) in [6.45, 7) is 0. The summed E-state index contributed by atoms with van der Waals surface area (Å²) >= 11 is 0. The van der Waals surface area contributed by atoms with Crippen molar-refractivity contribution in [3.63, 3.8) is 0 Å². The van der Waals surface area contributed by atoms with Crippen molar-refractivity contribution in [3.8, 4) is 0 Å². The van der Waals surface area contributed by atoms with E-state index >= 15 is 0 Å². The van der Waals surface area contributed by atoms with E-state index in [2.05, 4.69) is 10.3 Å². The summed E-state index contributed by atoms with van der Waals surface area (Å²) < 4.78 is 26.5. The Hall–Kier alpha value is -3.16. The Morgan fingerprint density at radius 2 is 1.62 bits per heavy atom. The summed E-state index contributed by atoms with van der Waals surface area (Å²) in [5.41, 5.74) is 0.587. The largest absolute Gasteiger partial charge is 0.271 e. The number of rotatable bonds is 2. The fourth-order valence-electron chi connectivity index (χ4n) is 2.84. The van der Waals surface area contributed by atoms with Crippen LogP contribution >= 0.6 is 0 Å². The molecule has 2 heterocycles. The number of hydrogen-bond acceptors (Lipinski definition) is 5. The van der Waals surface area contributed by atoms with Crippen LogP contribution in [0.25, 0.3) is 0 Å². The SMILES string of the molecule is O=C1[C@H]2N=NN(c3ccc(F)cc3)[C@@H]2C(=O)N1c1cccc(F)c1. The molecule has 8 heteroatoms. The molecule has 2 aliphatic heterocycles. The van der Waals surface area contributed by atoms with Gasteiger partial charge in [0.2, 0.25) is 0 Å². The molecule has 2 aromatic carbocycles. The highest BCUT2D eigenvalue weighted by Gasteiger charge is 2.55. The summed E-state index contributed by atoms with van der Waals surface area (Å²) in [5.74, 6) is -2.10. The number of anilines is 2. The highest BCUT2D eigenvalue weighted by molar-refractivity contribution is 6.26. The molecule has 4 rings (SSSR count). The normalized spacial score (nSPS) is 22.4. The van der Waals surface area contributed by atoms with Crippen molar-refractivity contribution in [1.29, 1.82) is 0 Å². The number of imide groups is 1. The quantitative estimate of drug-likeness (QED) is 0.796. The van der Waals surface area contributed by atoms with Crippen LogP contribution in [-0.4, -0.2) is 23.9 Å². The lowest BCUT2D eigenvalue weighted by Crippen LogP contribution is -2.39. The molecular weight excluding hydrogens is 318 g/mol. The molecule has 24 heavy (non-hydrogen) atoms. The number of benzene rings is 2. The fourth-order valence-corrected chi connectivity index (χ4v) is 2.84. The first-order valence-electron chi connectivity index (χ1n) is 7.15. The monoisotopic (exact) mass is 328 g/mol. The number of halogens is 2. The van der Waals surface area contributed by atoms with Gasteiger partial charge in [0.05, 0.1) is 11.4 Å². The maximum absolute atomic E-state index is 13.4. The average Bonchev–Trinajstić information content (AvgIpc) is 3.09. The third kappa shape index (κ3) is 2.07. The standard InChI is InChI=1S/C16H10F2N4O2/c17-9-4-6-11(7-5-9)22-14-13(19-20-22)15(23)21(16(14)24)12-3-1-2-10(18)8-12/h1-8,13-14H/t13-,14-/m0/s1. The van der Waals surface area contributed by atoms with Gasteiger partial charge in [0, 0.05) is 0 Å². The molecule has 2 amide bonds. The predicted molar refractivity (Wildman–Crippen MR) is 80.2 cm³/mol. The summed E-state index contributed by atoms with van der Waals surface area (Å²) in [6.07, 6.45) is 0. The molecule has 0 bridgehead atoms. The van der Waals surface area contributed by atoms with Crippen LogP contribution in [-0.2, 0) is 9.59 Å². The molecule has 2 aromatic rings. The molecule has 0 aliphatic carbocycles. The van der Waals surface area contributed by atoms with E-state index in [0.29, 0.717) is 5.69 Å². The minimum absolute atomic E-state index is 0.147. The summed E-state index contributed by atoms with van der Waals surface area (Å²) in [6, 6.07) is 8.61. The summed E-state index contributed by atoms with van der Waals surface area (Å²) in [7, 11) is 0. The van der Waals surface area contributed by atoms with Crippen LogP contribution in [0.3, 0.4) is 0 Å². The summed E-state index contributed by atoms with van der Waals surface area (Å²) in [4.78, 5) is 26.1. The van der Waals surface area contributed by atoms with Gasteiger partial charge in [0.15, 0.2) is 12.1 Å². The van der Waals surface area contributed by atoms with Crippen LogP contribution in [0, 0.1) is 11.6 Å². The Balaban J connectivity index is 1.70. The number of amides is 2. The molecule has 0 aromatic heterocycles. The molecule has 0 spiro atoms. The Morgan fingerprint density at radius 3 is 2.33 bits per heavy atom. The van der Waals surface area contributed by atoms with Gasteiger partial charge >= 0.3 is 0 Å². The minimum atomic E-state index is -0.995. The van der Waals surface area contributed by atoms with Gasteiger partial charge < -0.3 is 0 Å². The van der Waals surface area contributed by atoms with Crippen molar-refractivity contribution >= 4 is 23.2 Å². The van der Waals surface area contributed by atoms with Crippen LogP contribution in [0.5, 0.6) is 0 Å². The van der Waals surface area contributed by atoms with Crippen molar-refractivity contribution in [2.45, 2.75) is 12.1 Å². The third-order valence-electron chi connectivity index (χ3n) is 3.94. The molecule has 0 saturated carbocycles. The zero-order valence-corrected chi connectivity index (χ0v) is 12.1. The van der Waals surface area contributed by atoms with Crippen LogP contribution in [0.2, 0.25) is 0 Å². The second kappa shape index (κ2) is 5.19. The van der Waals surface area contributed by atoms with Crippen molar-refractivity contribution in [2.24, 2.45) is 10.3 Å². The molecule has 2 aliphatic rings. The van der Waals surface area contributed by atoms with Gasteiger partial charge in [-0.05, 0) is 42.5 Å². The molecule has 2 atom stereocenters. The van der Waals surface area contributed by atoms with Crippen molar-refractivity contribution in [2.75, 3.05) is 9.91 Å². The van der Waals surface area contributed by atoms with Crippen LogP contribution in [0.15, 0.2) is 58.9 Å². The van der Waals surface area contributed by atoms with E-state index in [1.165, 1.54) is 47.5 Å². The van der Waals surface area contributed by atoms with Crippen LogP contribution < -0.4 is 9.91 Å². The first-order chi connectivity index (χ1) is 11.6. The number of nitrogens with zero attached hydrogens (tertiary/aromatic N) is 4. The molecule has 6 nitrogen and oxygen atoms in total. The zero-order valence-electron chi connectivity index (χ0n) is 12.1. The highest BCUT2D eigenvalue weighted by Crippen LogP contribution is 2.34. The molecule has 120 valence electrons. The Labute approximate surface area is 135 Å². The number of hydrogen-bond donors (Lipinski definition) is 0. The van der Waals surface area contributed by atoms with Gasteiger partial charge in [0.1, 0.15) is 11.6 Å². The topological polar surface area (TPSA) is 65.3 Å². The Bertz CT molecular complexity index is 869. The second-order valence-corrected chi connectivity index (χ2v) is 5.41. The van der Waals surface area contributed by atoms with Crippen molar-refractivity contribution in [1.82, 2.24) is 0 Å². The maximum Gasteiger partial charge on any atom is 0.263 e. The smallest absolute Gasteiger partial charge is 0.263 e. The molecule has 1 saturated heterocycles. The van der Waals surface area contributed by atoms with E-state index in [-0.39, 0.29) is 5.69 Å². The molecular formula is C16H10F2N4O2. The lowest BCUT2D eigenvalue weighted by Gasteiger charge is -2.20. The molecule has 1 fully saturated rings. The van der Waals surface area contributed by atoms with Gasteiger partial charge in [-0.3, -0.25) is 9.59 Å². The zero-order chi connectivity index (χ0) is 16.8. The number of carbonyl (C=O) groups is 2. The van der Waals surface area contributed by atoms with Gasteiger partial charge in [-0.25, -0.2) is 18.7 Å². The summed E-state index contributed by atoms with van der Waals surface area (Å²) in [5, 5.41) is 9.00. The second-order valence-electron chi connectivity index (χ2n) is 5.41. The van der Waals surface area contributed by atoms with E-state index in [1.54, 1.807) is 0 Å². The first-order valence-corrected chi connectivity index (χ1v) is 7.15. The molecule has 0 N–H and O–H groups in total. The highest BCUT2D eigenvalue weighted by atomic mass is 19.1. The van der Waals surface area contributed by atoms with E-state index < -0.39 is 35.5 Å². The molecule has 0 unspecified atom stereocenters. The average molecular weight is 328 g/mol. The minimum Gasteiger partial charge on any atom is -0.271 e. The van der Waals surface area contributed by atoms with Crippen molar-refractivity contribution in [3.05, 3.63) is 60.2 Å². The van der Waals surface area contributed by atoms with Gasteiger partial charge in [-0.2, -0.15) is 5.11 Å². The molecule has 0 radical (unpaired) electrons. The van der Waals surface area contributed by atoms with Gasteiger partial charge in [-0.15, -0.1) is 0 Å². The maximum atomic E-state index is 13.4. The fraction of sp³-hybridized carbons (Fsp3) is 0.125. The van der Waals surface area contributed by atoms with E-state index in [9.17, 15) is 18.4 Å². The van der Waals surface area contributed by atoms with Crippen LogP contribution in [0.1, 0.15) is 0 Å². The third-order valence-corrected chi connectivity index (χ3v) is 3.94. The first kappa shape index (κ1) is 14.4. The number of fused-ring (bicyclic) bond motifs is 1. The predicted octanol–water partition coefficient (Wildman–Crippen LogP) is 2.46. The van der Waals surface area contributed by atoms with E-state index in [0.717, 1.165) is 11.0 Å². The van der Waals surface area contributed by atoms with Crippen molar-refractivity contribution < 1.29 is 18.4 Å². The van der Waals surface area contributed by atoms with E-state index in [4.69, 9.17) is 0 Å². The number of carbonyl (C=O) groups excluding carboxylic acids is 2. The van der Waals surface area contributed by atoms with E-state index in [1.807, 2.05) is 0 Å². The Kier molecular flexibility index (Phi) is 3.12. The lowest BCUT2D eigenvalue weighted by atomic mass is 10.1. The van der Waals surface area contributed by atoms with Gasteiger partial charge in [0.25, 0.3) is 11.8 Å². The van der Waals surface area contributed by atoms with Crippen LogP contribution in [0.4, 0.5) is 20.2 Å². The Morgan fingerprint density at radius 1 is 0.875 bits per heavy atom. The lowest BCUT2D eigenvalue weighted by molar-refractivity contribution is -0.121. The van der Waals surface area contributed by atoms with Gasteiger partial charge in [-0.1, -0.05) is 11.3 Å².